The Bertz CT molecular complexity index is 651. The van der Waals surface area contributed by atoms with Crippen LogP contribution in [0, 0.1) is 0 Å². The first-order valence-corrected chi connectivity index (χ1v) is 7.98. The molecule has 0 saturated heterocycles. The second-order valence-corrected chi connectivity index (χ2v) is 8.72. The fourth-order valence-corrected chi connectivity index (χ4v) is 2.07. The minimum atomic E-state index is -1.91. The number of nitrogens with zero attached hydrogens (tertiary/aromatic N) is 3. The third-order valence-corrected chi connectivity index (χ3v) is 3.52. The van der Waals surface area contributed by atoms with E-state index in [4.69, 9.17) is 69.6 Å². The fraction of sp³-hybridized carbons (Fsp3) is 0.250. The first-order valence-electron chi connectivity index (χ1n) is 5.72. The van der Waals surface area contributed by atoms with Gasteiger partial charge in [-0.2, -0.15) is 0 Å². The van der Waals surface area contributed by atoms with Crippen LogP contribution < -0.4 is 0 Å². The molecule has 0 aliphatic carbocycles. The molecule has 2 aromatic rings. The number of aliphatic hydroxyl groups is 1. The van der Waals surface area contributed by atoms with E-state index in [0.717, 1.165) is 0 Å². The van der Waals surface area contributed by atoms with E-state index >= 15 is 0 Å². The van der Waals surface area contributed by atoms with Crippen LogP contribution in [0.3, 0.4) is 0 Å². The molecule has 0 aliphatic heterocycles. The maximum Gasteiger partial charge on any atom is 0.250 e. The molecule has 0 atom stereocenters. The van der Waals surface area contributed by atoms with Gasteiger partial charge in [0, 0.05) is 5.56 Å². The molecule has 0 radical (unpaired) electrons. The fourth-order valence-electron chi connectivity index (χ4n) is 1.57. The highest BCUT2D eigenvalue weighted by Crippen LogP contribution is 2.40. The summed E-state index contributed by atoms with van der Waals surface area (Å²) >= 11 is 34.8. The minimum absolute atomic E-state index is 0.145. The molecule has 10 heteroatoms. The molecular formula is C12H7Cl6N3O. The topological polar surface area (TPSA) is 58.9 Å². The predicted octanol–water partition coefficient (Wildman–Crippen LogP) is 4.68. The Kier molecular flexibility index (Phi) is 5.66. The summed E-state index contributed by atoms with van der Waals surface area (Å²) in [7, 11) is 0. The molecule has 0 spiro atoms. The summed E-state index contributed by atoms with van der Waals surface area (Å²) in [6.07, 6.45) is 0. The Labute approximate surface area is 156 Å². The second-order valence-electron chi connectivity index (χ2n) is 4.16. The summed E-state index contributed by atoms with van der Waals surface area (Å²) in [4.78, 5) is 12.1. The molecule has 1 aromatic heterocycles. The molecule has 0 saturated carbocycles. The van der Waals surface area contributed by atoms with Crippen LogP contribution in [0.25, 0.3) is 11.4 Å². The zero-order valence-electron chi connectivity index (χ0n) is 10.6. The van der Waals surface area contributed by atoms with E-state index in [1.54, 1.807) is 24.3 Å². The molecule has 0 aliphatic rings. The number of rotatable bonds is 2. The largest absolute Gasteiger partial charge is 0.392 e. The third-order valence-electron chi connectivity index (χ3n) is 2.51. The average molecular weight is 422 g/mol. The van der Waals surface area contributed by atoms with Gasteiger partial charge in [-0.15, -0.1) is 0 Å². The van der Waals surface area contributed by atoms with E-state index in [0.29, 0.717) is 11.1 Å². The molecule has 2 rings (SSSR count). The van der Waals surface area contributed by atoms with Crippen molar-refractivity contribution in [1.29, 1.82) is 0 Å². The average Bonchev–Trinajstić information content (AvgIpc) is 2.45. The van der Waals surface area contributed by atoms with Crippen molar-refractivity contribution in [3.8, 4) is 11.4 Å². The zero-order chi connectivity index (χ0) is 16.5. The second kappa shape index (κ2) is 6.81. The highest BCUT2D eigenvalue weighted by atomic mass is 35.6. The van der Waals surface area contributed by atoms with Crippen LogP contribution in [-0.2, 0) is 14.2 Å². The van der Waals surface area contributed by atoms with Gasteiger partial charge in [0.2, 0.25) is 7.59 Å². The van der Waals surface area contributed by atoms with Gasteiger partial charge in [0.25, 0.3) is 0 Å². The lowest BCUT2D eigenvalue weighted by Crippen LogP contribution is -2.16. The molecule has 1 heterocycles. The van der Waals surface area contributed by atoms with Crippen LogP contribution in [-0.4, -0.2) is 20.1 Å². The molecule has 0 amide bonds. The van der Waals surface area contributed by atoms with E-state index in [2.05, 4.69) is 15.0 Å². The maximum absolute atomic E-state index is 9.20. The third kappa shape index (κ3) is 4.48. The Morgan fingerprint density at radius 3 is 1.86 bits per heavy atom. The van der Waals surface area contributed by atoms with Gasteiger partial charge in [-0.3, -0.25) is 0 Å². The number of aromatic nitrogens is 3. The quantitative estimate of drug-likeness (QED) is 0.715. The number of alkyl halides is 6. The SMILES string of the molecule is OCc1cccc(-c2nc(C(Cl)(Cl)Cl)nc(C(Cl)(Cl)Cl)n2)c1. The van der Waals surface area contributed by atoms with Crippen molar-refractivity contribution in [3.05, 3.63) is 41.5 Å². The van der Waals surface area contributed by atoms with Crippen molar-refractivity contribution in [2.75, 3.05) is 0 Å². The summed E-state index contributed by atoms with van der Waals surface area (Å²) in [6.45, 7) is -0.145. The highest BCUT2D eigenvalue weighted by molar-refractivity contribution is 6.67. The molecular weight excluding hydrogens is 415 g/mol. The van der Waals surface area contributed by atoms with E-state index < -0.39 is 7.59 Å². The van der Waals surface area contributed by atoms with Crippen molar-refractivity contribution in [2.45, 2.75) is 14.2 Å². The lowest BCUT2D eigenvalue weighted by atomic mass is 10.1. The Morgan fingerprint density at radius 2 is 1.41 bits per heavy atom. The molecule has 4 nitrogen and oxygen atoms in total. The number of halogens is 6. The summed E-state index contributed by atoms with van der Waals surface area (Å²) in [5, 5.41) is 9.20. The van der Waals surface area contributed by atoms with Gasteiger partial charge in [-0.25, -0.2) is 15.0 Å². The highest BCUT2D eigenvalue weighted by Gasteiger charge is 2.33. The van der Waals surface area contributed by atoms with Gasteiger partial charge in [-0.05, 0) is 11.6 Å². The van der Waals surface area contributed by atoms with Crippen LogP contribution in [0.15, 0.2) is 24.3 Å². The molecule has 0 fully saturated rings. The first-order chi connectivity index (χ1) is 10.1. The smallest absolute Gasteiger partial charge is 0.250 e. The van der Waals surface area contributed by atoms with E-state index in [1.807, 2.05) is 0 Å². The molecule has 0 unspecified atom stereocenters. The molecule has 22 heavy (non-hydrogen) atoms. The van der Waals surface area contributed by atoms with Crippen molar-refractivity contribution < 1.29 is 5.11 Å². The lowest BCUT2D eigenvalue weighted by molar-refractivity contribution is 0.282. The van der Waals surface area contributed by atoms with Gasteiger partial charge in [0.15, 0.2) is 17.5 Å². The van der Waals surface area contributed by atoms with Crippen molar-refractivity contribution >= 4 is 69.6 Å². The summed E-state index contributed by atoms with van der Waals surface area (Å²) in [5.74, 6) is -0.176. The minimum Gasteiger partial charge on any atom is -0.392 e. The van der Waals surface area contributed by atoms with Crippen LogP contribution in [0.2, 0.25) is 0 Å². The summed E-state index contributed by atoms with van der Waals surface area (Å²) < 4.78 is -3.81. The molecule has 0 bridgehead atoms. The van der Waals surface area contributed by atoms with Crippen molar-refractivity contribution in [1.82, 2.24) is 15.0 Å². The van der Waals surface area contributed by atoms with Crippen LogP contribution in [0.5, 0.6) is 0 Å². The number of hydrogen-bond donors (Lipinski definition) is 1. The van der Waals surface area contributed by atoms with E-state index in [-0.39, 0.29) is 24.1 Å². The van der Waals surface area contributed by atoms with Gasteiger partial charge in [0.1, 0.15) is 0 Å². The monoisotopic (exact) mass is 419 g/mol. The first kappa shape index (κ1) is 18.3. The lowest BCUT2D eigenvalue weighted by Gasteiger charge is -2.15. The number of benzene rings is 1. The van der Waals surface area contributed by atoms with Gasteiger partial charge < -0.3 is 5.11 Å². The summed E-state index contributed by atoms with van der Waals surface area (Å²) in [5.41, 5.74) is 1.21. The van der Waals surface area contributed by atoms with Crippen molar-refractivity contribution in [3.63, 3.8) is 0 Å². The van der Waals surface area contributed by atoms with E-state index in [9.17, 15) is 5.11 Å². The van der Waals surface area contributed by atoms with E-state index in [1.165, 1.54) is 0 Å². The molecule has 1 aromatic carbocycles. The Balaban J connectivity index is 2.64. The van der Waals surface area contributed by atoms with Gasteiger partial charge in [0.05, 0.1) is 6.61 Å². The predicted molar refractivity (Wildman–Crippen MR) is 89.7 cm³/mol. The normalized spacial score (nSPS) is 12.5. The van der Waals surface area contributed by atoms with Crippen LogP contribution in [0.4, 0.5) is 0 Å². The molecule has 118 valence electrons. The Morgan fingerprint density at radius 1 is 0.864 bits per heavy atom. The van der Waals surface area contributed by atoms with Gasteiger partial charge >= 0.3 is 0 Å². The zero-order valence-corrected chi connectivity index (χ0v) is 15.1. The Hall–Kier alpha value is -0.0700. The van der Waals surface area contributed by atoms with Crippen LogP contribution >= 0.6 is 69.6 Å². The standard InChI is InChI=1S/C12H7Cl6N3O/c13-11(14,15)9-19-8(20-10(21-9)12(16,17)18)7-3-1-2-6(4-7)5-22/h1-4,22H,5H2. The van der Waals surface area contributed by atoms with Gasteiger partial charge in [-0.1, -0.05) is 87.8 Å². The molecule has 1 N–H and O–H groups in total. The van der Waals surface area contributed by atoms with Crippen molar-refractivity contribution in [2.24, 2.45) is 0 Å². The summed E-state index contributed by atoms with van der Waals surface area (Å²) in [6, 6.07) is 6.82. The number of aliphatic hydroxyl groups excluding tert-OH is 1. The number of hydrogen-bond acceptors (Lipinski definition) is 4. The van der Waals surface area contributed by atoms with Crippen LogP contribution in [0.1, 0.15) is 17.2 Å². The maximum atomic E-state index is 9.20.